The topological polar surface area (TPSA) is 134 Å². The molecule has 1 saturated carbocycles. The fraction of sp³-hybridized carbons (Fsp3) is 0.818. The first kappa shape index (κ1) is 26.9. The first-order valence-electron chi connectivity index (χ1n) is 11.1. The molecule has 178 valence electrons. The maximum Gasteiger partial charge on any atom is 0.303 e. The lowest BCUT2D eigenvalue weighted by Gasteiger charge is -2.45. The molecule has 1 rings (SSSR count). The highest BCUT2D eigenvalue weighted by atomic mass is 16.6. The van der Waals surface area contributed by atoms with Crippen molar-refractivity contribution >= 4 is 23.8 Å². The number of hydrogen-bond donors (Lipinski definition) is 2. The molecular weight excluding hydrogens is 404 g/mol. The SMILES string of the molecule is CC(=O)N[C@@H]1C(CCCCCCCN)C[C@H](COC(C)=O)[C@H](OC(C)=O)[C@@H]1OC(C)=O. The molecule has 0 aromatic heterocycles. The van der Waals surface area contributed by atoms with Gasteiger partial charge in [0.25, 0.3) is 0 Å². The first-order chi connectivity index (χ1) is 14.6. The van der Waals surface area contributed by atoms with Crippen molar-refractivity contribution in [2.75, 3.05) is 13.2 Å². The van der Waals surface area contributed by atoms with Crippen molar-refractivity contribution in [2.24, 2.45) is 17.6 Å². The van der Waals surface area contributed by atoms with Gasteiger partial charge in [0.2, 0.25) is 5.91 Å². The molecule has 0 saturated heterocycles. The first-order valence-corrected chi connectivity index (χ1v) is 11.1. The highest BCUT2D eigenvalue weighted by Crippen LogP contribution is 2.37. The average molecular weight is 443 g/mol. The summed E-state index contributed by atoms with van der Waals surface area (Å²) in [6, 6.07) is -0.497. The third kappa shape index (κ3) is 10.1. The van der Waals surface area contributed by atoms with Gasteiger partial charge in [-0.1, -0.05) is 25.7 Å². The normalized spacial score (nSPS) is 25.4. The monoisotopic (exact) mass is 442 g/mol. The van der Waals surface area contributed by atoms with E-state index in [2.05, 4.69) is 5.32 Å². The van der Waals surface area contributed by atoms with E-state index in [9.17, 15) is 19.2 Å². The molecule has 31 heavy (non-hydrogen) atoms. The fourth-order valence-corrected chi connectivity index (χ4v) is 4.30. The van der Waals surface area contributed by atoms with Crippen LogP contribution in [0.3, 0.4) is 0 Å². The fourth-order valence-electron chi connectivity index (χ4n) is 4.30. The maximum absolute atomic E-state index is 11.9. The molecule has 0 heterocycles. The summed E-state index contributed by atoms with van der Waals surface area (Å²) in [5.74, 6) is -2.12. The number of nitrogens with one attached hydrogen (secondary N) is 1. The maximum atomic E-state index is 11.9. The van der Waals surface area contributed by atoms with E-state index in [4.69, 9.17) is 19.9 Å². The Balaban J connectivity index is 3.07. The number of amides is 1. The second-order valence-corrected chi connectivity index (χ2v) is 8.28. The summed E-state index contributed by atoms with van der Waals surface area (Å²) >= 11 is 0. The second-order valence-electron chi connectivity index (χ2n) is 8.28. The molecule has 0 aliphatic heterocycles. The number of hydrogen-bond acceptors (Lipinski definition) is 8. The predicted molar refractivity (Wildman–Crippen MR) is 114 cm³/mol. The number of unbranched alkanes of at least 4 members (excludes halogenated alkanes) is 4. The predicted octanol–water partition coefficient (Wildman–Crippen LogP) is 1.85. The molecule has 9 nitrogen and oxygen atoms in total. The van der Waals surface area contributed by atoms with Crippen molar-refractivity contribution < 1.29 is 33.4 Å². The van der Waals surface area contributed by atoms with Gasteiger partial charge in [-0.25, -0.2) is 0 Å². The van der Waals surface area contributed by atoms with Crippen molar-refractivity contribution in [3.8, 4) is 0 Å². The molecule has 1 fully saturated rings. The summed E-state index contributed by atoms with van der Waals surface area (Å²) in [5.41, 5.74) is 5.54. The molecule has 0 bridgehead atoms. The van der Waals surface area contributed by atoms with E-state index in [1.807, 2.05) is 0 Å². The molecule has 0 aromatic rings. The van der Waals surface area contributed by atoms with Gasteiger partial charge in [-0.2, -0.15) is 0 Å². The molecule has 1 aliphatic rings. The summed E-state index contributed by atoms with van der Waals surface area (Å²) in [6.07, 6.45) is 4.82. The van der Waals surface area contributed by atoms with Gasteiger partial charge in [-0.15, -0.1) is 0 Å². The van der Waals surface area contributed by atoms with Crippen LogP contribution < -0.4 is 11.1 Å². The van der Waals surface area contributed by atoms with E-state index < -0.39 is 36.2 Å². The molecule has 0 spiro atoms. The van der Waals surface area contributed by atoms with Crippen LogP contribution in [-0.2, 0) is 33.4 Å². The highest BCUT2D eigenvalue weighted by molar-refractivity contribution is 5.73. The molecular formula is C22H38N2O7. The summed E-state index contributed by atoms with van der Waals surface area (Å²) in [4.78, 5) is 46.9. The Morgan fingerprint density at radius 2 is 1.39 bits per heavy atom. The Morgan fingerprint density at radius 3 is 1.94 bits per heavy atom. The highest BCUT2D eigenvalue weighted by Gasteiger charge is 2.49. The smallest absolute Gasteiger partial charge is 0.303 e. The van der Waals surface area contributed by atoms with Gasteiger partial charge in [0, 0.05) is 33.6 Å². The molecule has 0 aromatic carbocycles. The summed E-state index contributed by atoms with van der Waals surface area (Å²) in [5, 5.41) is 2.91. The minimum Gasteiger partial charge on any atom is -0.465 e. The van der Waals surface area contributed by atoms with Crippen LogP contribution in [0, 0.1) is 11.8 Å². The van der Waals surface area contributed by atoms with Crippen molar-refractivity contribution in [3.05, 3.63) is 0 Å². The molecule has 1 aliphatic carbocycles. The number of ether oxygens (including phenoxy) is 3. The van der Waals surface area contributed by atoms with Crippen molar-refractivity contribution in [1.82, 2.24) is 5.32 Å². The Hall–Kier alpha value is -2.16. The van der Waals surface area contributed by atoms with Crippen LogP contribution in [0.5, 0.6) is 0 Å². The Morgan fingerprint density at radius 1 is 0.806 bits per heavy atom. The molecule has 1 amide bonds. The second kappa shape index (κ2) is 14.0. The van der Waals surface area contributed by atoms with Gasteiger partial charge in [0.15, 0.2) is 6.10 Å². The summed E-state index contributed by atoms with van der Waals surface area (Å²) < 4.78 is 16.3. The van der Waals surface area contributed by atoms with Crippen LogP contribution in [0.25, 0.3) is 0 Å². The van der Waals surface area contributed by atoms with E-state index in [-0.39, 0.29) is 24.3 Å². The number of nitrogens with two attached hydrogens (primary N) is 1. The van der Waals surface area contributed by atoms with Gasteiger partial charge in [0.05, 0.1) is 12.6 Å². The zero-order valence-corrected chi connectivity index (χ0v) is 19.2. The van der Waals surface area contributed by atoms with Crippen LogP contribution in [0.15, 0.2) is 0 Å². The quantitative estimate of drug-likeness (QED) is 0.266. The van der Waals surface area contributed by atoms with E-state index in [0.29, 0.717) is 13.0 Å². The zero-order chi connectivity index (χ0) is 23.4. The molecule has 9 heteroatoms. The minimum absolute atomic E-state index is 0.0184. The van der Waals surface area contributed by atoms with Crippen LogP contribution in [-0.4, -0.2) is 55.2 Å². The lowest BCUT2D eigenvalue weighted by molar-refractivity contribution is -0.186. The Kier molecular flexibility index (Phi) is 12.1. The number of rotatable bonds is 12. The molecule has 1 unspecified atom stereocenters. The van der Waals surface area contributed by atoms with Crippen molar-refractivity contribution in [2.45, 2.75) is 90.9 Å². The minimum atomic E-state index is -0.859. The Bertz CT molecular complexity index is 611. The van der Waals surface area contributed by atoms with Gasteiger partial charge >= 0.3 is 17.9 Å². The van der Waals surface area contributed by atoms with Gasteiger partial charge < -0.3 is 25.3 Å². The standard InChI is InChI=1S/C22H38N2O7/c1-14(25)24-20-18(10-8-6-5-7-9-11-23)12-19(13-29-15(2)26)21(30-16(3)27)22(20)31-17(4)28/h18-22H,5-13,23H2,1-4H3,(H,24,25)/t18?,19-,20-,21+,22-/m1/s1. The lowest BCUT2D eigenvalue weighted by atomic mass is 9.72. The van der Waals surface area contributed by atoms with Crippen LogP contribution in [0.2, 0.25) is 0 Å². The van der Waals surface area contributed by atoms with E-state index in [0.717, 1.165) is 38.5 Å². The summed E-state index contributed by atoms with van der Waals surface area (Å²) in [7, 11) is 0. The van der Waals surface area contributed by atoms with Crippen LogP contribution in [0.1, 0.15) is 72.6 Å². The van der Waals surface area contributed by atoms with Crippen LogP contribution in [0.4, 0.5) is 0 Å². The van der Waals surface area contributed by atoms with E-state index in [1.54, 1.807) is 0 Å². The Labute approximate surface area is 184 Å². The largest absolute Gasteiger partial charge is 0.465 e. The molecule has 3 N–H and O–H groups in total. The lowest BCUT2D eigenvalue weighted by Crippen LogP contribution is -2.61. The van der Waals surface area contributed by atoms with Crippen molar-refractivity contribution in [1.29, 1.82) is 0 Å². The van der Waals surface area contributed by atoms with Gasteiger partial charge in [-0.05, 0) is 31.7 Å². The van der Waals surface area contributed by atoms with E-state index in [1.165, 1.54) is 27.7 Å². The summed E-state index contributed by atoms with van der Waals surface area (Å²) in [6.45, 7) is 6.00. The third-order valence-corrected chi connectivity index (χ3v) is 5.51. The molecule has 0 radical (unpaired) electrons. The number of carbonyl (C=O) groups excluding carboxylic acids is 4. The average Bonchev–Trinajstić information content (AvgIpc) is 2.66. The van der Waals surface area contributed by atoms with Crippen molar-refractivity contribution in [3.63, 3.8) is 0 Å². The van der Waals surface area contributed by atoms with Gasteiger partial charge in [0.1, 0.15) is 6.10 Å². The van der Waals surface area contributed by atoms with Gasteiger partial charge in [-0.3, -0.25) is 19.2 Å². The zero-order valence-electron chi connectivity index (χ0n) is 19.2. The number of esters is 3. The van der Waals surface area contributed by atoms with E-state index >= 15 is 0 Å². The third-order valence-electron chi connectivity index (χ3n) is 5.51. The van der Waals surface area contributed by atoms with Crippen LogP contribution >= 0.6 is 0 Å². The number of carbonyl (C=O) groups is 4. The molecule has 5 atom stereocenters.